The SMILES string of the molecule is CCNC(=NCc1ccc(OCC2CC2)nc1)NCc1nnc2ccccn12. The third-order valence-electron chi connectivity index (χ3n) is 4.52. The lowest BCUT2D eigenvalue weighted by Gasteiger charge is -2.10. The minimum Gasteiger partial charge on any atom is -0.477 e. The molecule has 8 nitrogen and oxygen atoms in total. The molecule has 0 radical (unpaired) electrons. The lowest BCUT2D eigenvalue weighted by molar-refractivity contribution is 0.288. The first-order chi connectivity index (χ1) is 13.8. The van der Waals surface area contributed by atoms with Crippen molar-refractivity contribution in [1.82, 2.24) is 30.2 Å². The summed E-state index contributed by atoms with van der Waals surface area (Å²) < 4.78 is 7.64. The summed E-state index contributed by atoms with van der Waals surface area (Å²) in [6.45, 7) is 4.65. The van der Waals surface area contributed by atoms with Gasteiger partial charge in [0.25, 0.3) is 0 Å². The Labute approximate surface area is 164 Å². The van der Waals surface area contributed by atoms with Crippen LogP contribution in [0.3, 0.4) is 0 Å². The number of nitrogens with one attached hydrogen (secondary N) is 2. The van der Waals surface area contributed by atoms with Crippen molar-refractivity contribution in [2.24, 2.45) is 10.9 Å². The number of pyridine rings is 2. The number of ether oxygens (including phenoxy) is 1. The van der Waals surface area contributed by atoms with Crippen LogP contribution < -0.4 is 15.4 Å². The Morgan fingerprint density at radius 2 is 2.14 bits per heavy atom. The Kier molecular flexibility index (Phi) is 5.65. The van der Waals surface area contributed by atoms with Gasteiger partial charge < -0.3 is 15.4 Å². The molecule has 0 amide bonds. The predicted molar refractivity (Wildman–Crippen MR) is 107 cm³/mol. The molecule has 2 N–H and O–H groups in total. The second-order valence-electron chi connectivity index (χ2n) is 6.85. The van der Waals surface area contributed by atoms with E-state index in [2.05, 4.69) is 30.8 Å². The van der Waals surface area contributed by atoms with E-state index < -0.39 is 0 Å². The van der Waals surface area contributed by atoms with Gasteiger partial charge in [-0.2, -0.15) is 0 Å². The van der Waals surface area contributed by atoms with Crippen molar-refractivity contribution < 1.29 is 4.74 Å². The van der Waals surface area contributed by atoms with Crippen LogP contribution >= 0.6 is 0 Å². The van der Waals surface area contributed by atoms with Crippen LogP contribution in [0.5, 0.6) is 5.88 Å². The van der Waals surface area contributed by atoms with E-state index in [0.717, 1.165) is 42.1 Å². The maximum atomic E-state index is 5.68. The van der Waals surface area contributed by atoms with E-state index in [4.69, 9.17) is 4.74 Å². The van der Waals surface area contributed by atoms with Gasteiger partial charge in [0, 0.05) is 25.0 Å². The molecule has 8 heteroatoms. The van der Waals surface area contributed by atoms with Crippen molar-refractivity contribution in [3.05, 3.63) is 54.1 Å². The van der Waals surface area contributed by atoms with Crippen molar-refractivity contribution >= 4 is 11.6 Å². The Bertz CT molecular complexity index is 931. The largest absolute Gasteiger partial charge is 0.477 e. The van der Waals surface area contributed by atoms with Crippen LogP contribution in [0.25, 0.3) is 5.65 Å². The summed E-state index contributed by atoms with van der Waals surface area (Å²) in [5, 5.41) is 15.0. The van der Waals surface area contributed by atoms with Gasteiger partial charge in [-0.1, -0.05) is 12.1 Å². The van der Waals surface area contributed by atoms with Crippen LogP contribution in [0.1, 0.15) is 31.2 Å². The van der Waals surface area contributed by atoms with E-state index >= 15 is 0 Å². The molecule has 1 aliphatic rings. The zero-order valence-corrected chi connectivity index (χ0v) is 16.0. The minimum atomic E-state index is 0.531. The molecule has 1 aliphatic carbocycles. The number of hydrogen-bond acceptors (Lipinski definition) is 5. The number of aliphatic imine (C=N–C) groups is 1. The number of fused-ring (bicyclic) bond motifs is 1. The van der Waals surface area contributed by atoms with Crippen LogP contribution in [-0.2, 0) is 13.1 Å². The Morgan fingerprint density at radius 3 is 2.93 bits per heavy atom. The molecule has 0 spiro atoms. The van der Waals surface area contributed by atoms with Crippen LogP contribution in [-0.4, -0.2) is 38.7 Å². The Hall–Kier alpha value is -3.16. The van der Waals surface area contributed by atoms with Crippen molar-refractivity contribution in [2.75, 3.05) is 13.2 Å². The smallest absolute Gasteiger partial charge is 0.213 e. The maximum absolute atomic E-state index is 5.68. The summed E-state index contributed by atoms with van der Waals surface area (Å²) in [6, 6.07) is 9.76. The molecule has 1 fully saturated rings. The highest BCUT2D eigenvalue weighted by Gasteiger charge is 2.22. The van der Waals surface area contributed by atoms with Gasteiger partial charge in [-0.15, -0.1) is 10.2 Å². The van der Waals surface area contributed by atoms with Crippen molar-refractivity contribution in [3.8, 4) is 5.88 Å². The van der Waals surface area contributed by atoms with Gasteiger partial charge in [0.1, 0.15) is 0 Å². The van der Waals surface area contributed by atoms with Crippen LogP contribution in [0, 0.1) is 5.92 Å². The highest BCUT2D eigenvalue weighted by atomic mass is 16.5. The second-order valence-corrected chi connectivity index (χ2v) is 6.85. The summed E-state index contributed by atoms with van der Waals surface area (Å²) in [5.74, 6) is 2.97. The molecule has 28 heavy (non-hydrogen) atoms. The third kappa shape index (κ3) is 4.76. The van der Waals surface area contributed by atoms with Gasteiger partial charge >= 0.3 is 0 Å². The minimum absolute atomic E-state index is 0.531. The fraction of sp³-hybridized carbons (Fsp3) is 0.400. The topological polar surface area (TPSA) is 88.7 Å². The molecule has 0 aliphatic heterocycles. The van der Waals surface area contributed by atoms with E-state index in [-0.39, 0.29) is 0 Å². The molecule has 146 valence electrons. The van der Waals surface area contributed by atoms with Gasteiger partial charge in [0.15, 0.2) is 17.4 Å². The summed E-state index contributed by atoms with van der Waals surface area (Å²) in [5.41, 5.74) is 1.86. The number of nitrogens with zero attached hydrogens (tertiary/aromatic N) is 5. The van der Waals surface area contributed by atoms with E-state index in [0.29, 0.717) is 19.0 Å². The van der Waals surface area contributed by atoms with E-state index in [1.165, 1.54) is 12.8 Å². The average molecular weight is 379 g/mol. The molecule has 0 bridgehead atoms. The van der Waals surface area contributed by atoms with Crippen LogP contribution in [0.2, 0.25) is 0 Å². The summed E-state index contributed by atoms with van der Waals surface area (Å²) in [7, 11) is 0. The molecular weight excluding hydrogens is 354 g/mol. The van der Waals surface area contributed by atoms with Gasteiger partial charge in [0.2, 0.25) is 5.88 Å². The first-order valence-electron chi connectivity index (χ1n) is 9.70. The average Bonchev–Trinajstić information content (AvgIpc) is 3.48. The molecule has 0 saturated heterocycles. The van der Waals surface area contributed by atoms with Crippen molar-refractivity contribution in [2.45, 2.75) is 32.9 Å². The fourth-order valence-electron chi connectivity index (χ4n) is 2.76. The van der Waals surface area contributed by atoms with Gasteiger partial charge in [0.05, 0.1) is 19.7 Å². The van der Waals surface area contributed by atoms with E-state index in [9.17, 15) is 0 Å². The number of hydrogen-bond donors (Lipinski definition) is 2. The summed E-state index contributed by atoms with van der Waals surface area (Å²) in [4.78, 5) is 9.00. The van der Waals surface area contributed by atoms with Crippen molar-refractivity contribution in [3.63, 3.8) is 0 Å². The van der Waals surface area contributed by atoms with E-state index in [1.807, 2.05) is 54.0 Å². The van der Waals surface area contributed by atoms with Gasteiger partial charge in [-0.3, -0.25) is 4.40 Å². The predicted octanol–water partition coefficient (Wildman–Crippen LogP) is 2.17. The molecule has 0 unspecified atom stereocenters. The lowest BCUT2D eigenvalue weighted by Crippen LogP contribution is -2.37. The zero-order chi connectivity index (χ0) is 19.2. The van der Waals surface area contributed by atoms with Gasteiger partial charge in [-0.25, -0.2) is 9.98 Å². The lowest BCUT2D eigenvalue weighted by atomic mass is 10.3. The highest BCUT2D eigenvalue weighted by molar-refractivity contribution is 5.79. The first kappa shape index (κ1) is 18.2. The molecule has 3 aromatic heterocycles. The maximum Gasteiger partial charge on any atom is 0.213 e. The number of aromatic nitrogens is 4. The Morgan fingerprint density at radius 1 is 1.21 bits per heavy atom. The quantitative estimate of drug-likeness (QED) is 0.461. The fourth-order valence-corrected chi connectivity index (χ4v) is 2.76. The molecule has 0 aromatic carbocycles. The standard InChI is InChI=1S/C20H25N7O/c1-2-21-20(24-13-18-26-25-17-5-3-4-10-27(17)18)23-12-16-8-9-19(22-11-16)28-14-15-6-7-15/h3-5,8-11,15H,2,6-7,12-14H2,1H3,(H2,21,23,24). The molecule has 3 heterocycles. The number of guanidine groups is 1. The zero-order valence-electron chi connectivity index (χ0n) is 16.0. The normalized spacial score (nSPS) is 14.2. The molecular formula is C20H25N7O. The van der Waals surface area contributed by atoms with E-state index in [1.54, 1.807) is 0 Å². The Balaban J connectivity index is 1.34. The monoisotopic (exact) mass is 379 g/mol. The second kappa shape index (κ2) is 8.69. The molecule has 0 atom stereocenters. The number of rotatable bonds is 8. The first-order valence-corrected chi connectivity index (χ1v) is 9.70. The molecule has 3 aromatic rings. The van der Waals surface area contributed by atoms with Crippen molar-refractivity contribution in [1.29, 1.82) is 0 Å². The molecule has 4 rings (SSSR count). The summed E-state index contributed by atoms with van der Waals surface area (Å²) >= 11 is 0. The molecule has 1 saturated carbocycles. The van der Waals surface area contributed by atoms with Gasteiger partial charge in [-0.05, 0) is 43.4 Å². The van der Waals surface area contributed by atoms with Crippen LogP contribution in [0.15, 0.2) is 47.7 Å². The highest BCUT2D eigenvalue weighted by Crippen LogP contribution is 2.29. The van der Waals surface area contributed by atoms with Crippen LogP contribution in [0.4, 0.5) is 0 Å². The third-order valence-corrected chi connectivity index (χ3v) is 4.52. The summed E-state index contributed by atoms with van der Waals surface area (Å²) in [6.07, 6.45) is 6.32.